The van der Waals surface area contributed by atoms with E-state index in [1.807, 2.05) is 0 Å². The summed E-state index contributed by atoms with van der Waals surface area (Å²) in [5, 5.41) is 0.503. The number of hydrogen-bond donors (Lipinski definition) is 1. The molecule has 120 valence electrons. The molecule has 0 bridgehead atoms. The average Bonchev–Trinajstić information content (AvgIpc) is 2.68. The molecule has 1 heterocycles. The first-order valence-electron chi connectivity index (χ1n) is 6.54. The second-order valence-corrected chi connectivity index (χ2v) is 6.13. The van der Waals surface area contributed by atoms with E-state index < -0.39 is 16.1 Å². The Morgan fingerprint density at radius 3 is 2.50 bits per heavy atom. The molecule has 0 saturated carbocycles. The predicted octanol–water partition coefficient (Wildman–Crippen LogP) is 1.92. The maximum absolute atomic E-state index is 12.1. The minimum atomic E-state index is -4.44. The number of carbonyl (C=O) groups is 1. The number of nitrogens with zero attached hydrogens (tertiary/aromatic N) is 1. The van der Waals surface area contributed by atoms with Crippen molar-refractivity contribution in [1.29, 1.82) is 0 Å². The molecule has 0 radical (unpaired) electrons. The zero-order valence-corrected chi connectivity index (χ0v) is 13.5. The second-order valence-electron chi connectivity index (χ2n) is 4.74. The van der Waals surface area contributed by atoms with Crippen molar-refractivity contribution in [3.63, 3.8) is 0 Å². The number of rotatable bonds is 4. The van der Waals surface area contributed by atoms with Crippen molar-refractivity contribution < 1.29 is 27.2 Å². The molecular weight excluding hydrogens is 310 g/mol. The molecule has 22 heavy (non-hydrogen) atoms. The lowest BCUT2D eigenvalue weighted by Gasteiger charge is -2.07. The van der Waals surface area contributed by atoms with Crippen molar-refractivity contribution in [3.05, 3.63) is 23.4 Å². The summed E-state index contributed by atoms with van der Waals surface area (Å²) in [6, 6.07) is 2.69. The molecule has 0 unspecified atom stereocenters. The highest BCUT2D eigenvalue weighted by molar-refractivity contribution is 7.86. The molecule has 0 saturated heterocycles. The smallest absolute Gasteiger partial charge is 0.340 e. The van der Waals surface area contributed by atoms with Gasteiger partial charge in [-0.25, -0.2) is 4.79 Å². The van der Waals surface area contributed by atoms with Crippen LogP contribution in [0.25, 0.3) is 10.9 Å². The average molecular weight is 327 g/mol. The van der Waals surface area contributed by atoms with Crippen LogP contribution >= 0.6 is 0 Å². The monoisotopic (exact) mass is 327 g/mol. The van der Waals surface area contributed by atoms with Crippen molar-refractivity contribution >= 4 is 27.0 Å². The second kappa shape index (κ2) is 5.62. The number of hydrogen-bond acceptors (Lipinski definition) is 5. The molecule has 0 amide bonds. The van der Waals surface area contributed by atoms with E-state index in [4.69, 9.17) is 9.47 Å². The van der Waals surface area contributed by atoms with Crippen LogP contribution < -0.4 is 4.74 Å². The number of esters is 1. The summed E-state index contributed by atoms with van der Waals surface area (Å²) in [6.07, 6.45) is 0. The van der Waals surface area contributed by atoms with Gasteiger partial charge in [0.05, 0.1) is 24.8 Å². The Balaban J connectivity index is 2.87. The Morgan fingerprint density at radius 1 is 1.36 bits per heavy atom. The summed E-state index contributed by atoms with van der Waals surface area (Å²) in [7, 11) is -1.46. The highest BCUT2D eigenvalue weighted by Gasteiger charge is 2.24. The fourth-order valence-corrected chi connectivity index (χ4v) is 3.05. The first kappa shape index (κ1) is 16.3. The summed E-state index contributed by atoms with van der Waals surface area (Å²) in [6.45, 7) is 3.66. The molecule has 7 nitrogen and oxygen atoms in total. The van der Waals surface area contributed by atoms with Crippen LogP contribution in [-0.2, 0) is 21.9 Å². The quantitative estimate of drug-likeness (QED) is 0.681. The highest BCUT2D eigenvalue weighted by Crippen LogP contribution is 2.34. The van der Waals surface area contributed by atoms with E-state index in [0.29, 0.717) is 22.2 Å². The topological polar surface area (TPSA) is 94.8 Å². The summed E-state index contributed by atoms with van der Waals surface area (Å²) in [5.41, 5.74) is 1.46. The highest BCUT2D eigenvalue weighted by atomic mass is 32.2. The molecule has 0 aliphatic carbocycles. The molecular formula is C14H17NO6S. The molecule has 2 rings (SSSR count). The minimum Gasteiger partial charge on any atom is -0.495 e. The van der Waals surface area contributed by atoms with E-state index in [0.717, 1.165) is 0 Å². The minimum absolute atomic E-state index is 0.0360. The van der Waals surface area contributed by atoms with Crippen molar-refractivity contribution in [2.45, 2.75) is 18.7 Å². The third-order valence-corrected chi connectivity index (χ3v) is 4.41. The van der Waals surface area contributed by atoms with E-state index in [9.17, 15) is 17.8 Å². The molecule has 0 aliphatic heterocycles. The fourth-order valence-electron chi connectivity index (χ4n) is 2.39. The van der Waals surface area contributed by atoms with Crippen LogP contribution in [0.2, 0.25) is 0 Å². The largest absolute Gasteiger partial charge is 0.495 e. The zero-order chi connectivity index (χ0) is 16.7. The van der Waals surface area contributed by atoms with E-state index >= 15 is 0 Å². The number of fused-ring (bicyclic) bond motifs is 1. The number of aryl methyl sites for hydroxylation is 1. The molecule has 1 aromatic heterocycles. The Hall–Kier alpha value is -2.06. The van der Waals surface area contributed by atoms with Crippen LogP contribution in [0, 0.1) is 6.92 Å². The zero-order valence-electron chi connectivity index (χ0n) is 12.7. The standard InChI is InChI=1S/C14H17NO6S/c1-5-21-14(16)13-8(2)15(3)10-7-12(22(17,18)19)11(20-4)6-9(10)13/h6-7H,5H2,1-4H3,(H,17,18,19). The third-order valence-electron chi connectivity index (χ3n) is 3.54. The molecule has 1 aromatic carbocycles. The van der Waals surface area contributed by atoms with Gasteiger partial charge in [-0.05, 0) is 26.0 Å². The molecule has 8 heteroatoms. The van der Waals surface area contributed by atoms with Gasteiger partial charge in [0, 0.05) is 18.1 Å². The number of methoxy groups -OCH3 is 1. The Morgan fingerprint density at radius 2 is 2.00 bits per heavy atom. The summed E-state index contributed by atoms with van der Waals surface area (Å²) in [5.74, 6) is -0.529. The van der Waals surface area contributed by atoms with Gasteiger partial charge < -0.3 is 14.0 Å². The van der Waals surface area contributed by atoms with Crippen LogP contribution in [0.4, 0.5) is 0 Å². The lowest BCUT2D eigenvalue weighted by atomic mass is 10.1. The molecule has 2 aromatic rings. The summed E-state index contributed by atoms with van der Waals surface area (Å²) in [4.78, 5) is 11.8. The molecule has 0 fully saturated rings. The maximum atomic E-state index is 12.1. The van der Waals surface area contributed by atoms with Crippen molar-refractivity contribution in [1.82, 2.24) is 4.57 Å². The van der Waals surface area contributed by atoms with Crippen LogP contribution in [0.3, 0.4) is 0 Å². The first-order chi connectivity index (χ1) is 10.2. The summed E-state index contributed by atoms with van der Waals surface area (Å²) >= 11 is 0. The maximum Gasteiger partial charge on any atom is 0.340 e. The van der Waals surface area contributed by atoms with Crippen LogP contribution in [0.5, 0.6) is 5.75 Å². The molecule has 1 N–H and O–H groups in total. The number of carbonyl (C=O) groups excluding carboxylic acids is 1. The van der Waals surface area contributed by atoms with Crippen LogP contribution in [0.1, 0.15) is 23.0 Å². The van der Waals surface area contributed by atoms with Crippen molar-refractivity contribution in [3.8, 4) is 5.75 Å². The Kier molecular flexibility index (Phi) is 4.17. The summed E-state index contributed by atoms with van der Waals surface area (Å²) < 4.78 is 44.0. The third kappa shape index (κ3) is 2.55. The van der Waals surface area contributed by atoms with Gasteiger partial charge in [-0.2, -0.15) is 8.42 Å². The van der Waals surface area contributed by atoms with Gasteiger partial charge in [0.2, 0.25) is 0 Å². The lowest BCUT2D eigenvalue weighted by Crippen LogP contribution is -2.06. The van der Waals surface area contributed by atoms with Gasteiger partial charge in [-0.15, -0.1) is 0 Å². The van der Waals surface area contributed by atoms with E-state index in [1.54, 1.807) is 25.5 Å². The molecule has 0 atom stereocenters. The van der Waals surface area contributed by atoms with E-state index in [-0.39, 0.29) is 17.3 Å². The van der Waals surface area contributed by atoms with Gasteiger partial charge in [0.1, 0.15) is 10.6 Å². The predicted molar refractivity (Wildman–Crippen MR) is 80.0 cm³/mol. The Labute approximate surface area is 128 Å². The van der Waals surface area contributed by atoms with Gasteiger partial charge >= 0.3 is 5.97 Å². The number of ether oxygens (including phenoxy) is 2. The normalized spacial score (nSPS) is 11.7. The van der Waals surface area contributed by atoms with E-state index in [1.165, 1.54) is 19.2 Å². The first-order valence-corrected chi connectivity index (χ1v) is 7.98. The fraction of sp³-hybridized carbons (Fsp3) is 0.357. The lowest BCUT2D eigenvalue weighted by molar-refractivity contribution is 0.0527. The van der Waals surface area contributed by atoms with Crippen molar-refractivity contribution in [2.24, 2.45) is 7.05 Å². The van der Waals surface area contributed by atoms with Crippen LogP contribution in [-0.4, -0.2) is 37.2 Å². The molecule has 0 spiro atoms. The van der Waals surface area contributed by atoms with Crippen LogP contribution in [0.15, 0.2) is 17.0 Å². The molecule has 0 aliphatic rings. The van der Waals surface area contributed by atoms with Gasteiger partial charge in [-0.1, -0.05) is 0 Å². The van der Waals surface area contributed by atoms with Crippen molar-refractivity contribution in [2.75, 3.05) is 13.7 Å². The van der Waals surface area contributed by atoms with Gasteiger partial charge in [0.15, 0.2) is 0 Å². The number of benzene rings is 1. The Bertz CT molecular complexity index is 850. The van der Waals surface area contributed by atoms with E-state index in [2.05, 4.69) is 0 Å². The van der Waals surface area contributed by atoms with Gasteiger partial charge in [-0.3, -0.25) is 4.55 Å². The van der Waals surface area contributed by atoms with Gasteiger partial charge in [0.25, 0.3) is 10.1 Å². The number of aromatic nitrogens is 1. The SMILES string of the molecule is CCOC(=O)c1c(C)n(C)c2cc(S(=O)(=O)O)c(OC)cc12.